The van der Waals surface area contributed by atoms with E-state index in [1.54, 1.807) is 0 Å². The van der Waals surface area contributed by atoms with Crippen LogP contribution in [0.1, 0.15) is 17.7 Å². The number of carboxylic acid groups (broad SMARTS) is 1. The summed E-state index contributed by atoms with van der Waals surface area (Å²) in [6.07, 6.45) is -5.38. The van der Waals surface area contributed by atoms with Gasteiger partial charge in [0.05, 0.1) is 24.6 Å². The Hall–Kier alpha value is -1.54. The van der Waals surface area contributed by atoms with Crippen molar-refractivity contribution in [1.82, 2.24) is 5.32 Å². The Bertz CT molecular complexity index is 402. The van der Waals surface area contributed by atoms with E-state index in [-0.39, 0.29) is 18.8 Å². The fourth-order valence-corrected chi connectivity index (χ4v) is 1.26. The number of rotatable bonds is 6. The molecule has 1 aromatic heterocycles. The summed E-state index contributed by atoms with van der Waals surface area (Å²) >= 11 is 0. The van der Waals surface area contributed by atoms with E-state index < -0.39 is 30.2 Å². The zero-order valence-corrected chi connectivity index (χ0v) is 9.20. The molecule has 1 rings (SSSR count). The number of furan rings is 1. The highest BCUT2D eigenvalue weighted by molar-refractivity contribution is 5.67. The van der Waals surface area contributed by atoms with Crippen molar-refractivity contribution >= 4 is 5.97 Å². The molecule has 0 aromatic carbocycles. The fraction of sp³-hybridized carbons (Fsp3) is 0.500. The molecule has 102 valence electrons. The summed E-state index contributed by atoms with van der Waals surface area (Å²) in [7, 11) is 0. The number of nitrogens with one attached hydrogen (secondary N) is 1. The summed E-state index contributed by atoms with van der Waals surface area (Å²) in [5.74, 6) is -1.09. The predicted octanol–water partition coefficient (Wildman–Crippen LogP) is 1.22. The molecule has 5 nitrogen and oxygen atoms in total. The van der Waals surface area contributed by atoms with Crippen LogP contribution in [-0.2, 0) is 17.5 Å². The average Bonchev–Trinajstić information content (AvgIpc) is 2.64. The topological polar surface area (TPSA) is 82.7 Å². The molecule has 0 fully saturated rings. The Morgan fingerprint density at radius 2 is 2.17 bits per heavy atom. The van der Waals surface area contributed by atoms with Crippen LogP contribution in [0.4, 0.5) is 13.2 Å². The van der Waals surface area contributed by atoms with Crippen molar-refractivity contribution in [3.63, 3.8) is 0 Å². The molecule has 0 radical (unpaired) electrons. The summed E-state index contributed by atoms with van der Waals surface area (Å²) in [4.78, 5) is 10.2. The Kier molecular flexibility index (Phi) is 4.74. The highest BCUT2D eigenvalue weighted by atomic mass is 19.4. The summed E-state index contributed by atoms with van der Waals surface area (Å²) < 4.78 is 41.3. The van der Waals surface area contributed by atoms with Crippen LogP contribution in [-0.4, -0.2) is 28.8 Å². The van der Waals surface area contributed by atoms with E-state index in [9.17, 15) is 23.1 Å². The van der Waals surface area contributed by atoms with Gasteiger partial charge in [-0.3, -0.25) is 4.79 Å². The number of aliphatic hydroxyl groups excluding tert-OH is 1. The standard InChI is InChI=1S/C10H12F3NO4/c11-10(12,13)6-1-8(18-5-6)4-14-3-7(15)2-9(16)17/h1,5,7,14-15H,2-4H2,(H,16,17). The number of aliphatic carboxylic acids is 1. The SMILES string of the molecule is O=C(O)CC(O)CNCc1cc(C(F)(F)F)co1. The van der Waals surface area contributed by atoms with Crippen LogP contribution in [0.2, 0.25) is 0 Å². The third kappa shape index (κ3) is 4.76. The van der Waals surface area contributed by atoms with Gasteiger partial charge in [0.1, 0.15) is 12.0 Å². The van der Waals surface area contributed by atoms with Crippen molar-refractivity contribution in [2.45, 2.75) is 25.2 Å². The van der Waals surface area contributed by atoms with E-state index in [1.165, 1.54) is 0 Å². The second kappa shape index (κ2) is 5.87. The zero-order valence-electron chi connectivity index (χ0n) is 9.20. The van der Waals surface area contributed by atoms with Gasteiger partial charge in [-0.2, -0.15) is 13.2 Å². The lowest BCUT2D eigenvalue weighted by Crippen LogP contribution is -2.28. The highest BCUT2D eigenvalue weighted by Gasteiger charge is 2.32. The van der Waals surface area contributed by atoms with Crippen molar-refractivity contribution in [2.24, 2.45) is 0 Å². The fourth-order valence-electron chi connectivity index (χ4n) is 1.26. The van der Waals surface area contributed by atoms with Crippen LogP contribution < -0.4 is 5.32 Å². The minimum absolute atomic E-state index is 0.0211. The molecule has 1 heterocycles. The summed E-state index contributed by atoms with van der Waals surface area (Å²) in [6.45, 7) is -0.0683. The van der Waals surface area contributed by atoms with Gasteiger partial charge < -0.3 is 19.9 Å². The van der Waals surface area contributed by atoms with Gasteiger partial charge in [0.2, 0.25) is 0 Å². The van der Waals surface area contributed by atoms with Gasteiger partial charge in [0.25, 0.3) is 0 Å². The maximum atomic E-state index is 12.2. The Balaban J connectivity index is 2.36. The summed E-state index contributed by atoms with van der Waals surface area (Å²) in [5, 5.41) is 20.1. The lowest BCUT2D eigenvalue weighted by molar-refractivity contribution is -0.139. The molecule has 0 saturated heterocycles. The summed E-state index contributed by atoms with van der Waals surface area (Å²) in [6, 6.07) is 0.844. The van der Waals surface area contributed by atoms with Crippen LogP contribution in [0.3, 0.4) is 0 Å². The number of hydrogen-bond acceptors (Lipinski definition) is 4. The van der Waals surface area contributed by atoms with Crippen molar-refractivity contribution in [3.8, 4) is 0 Å². The van der Waals surface area contributed by atoms with Gasteiger partial charge in [0.15, 0.2) is 0 Å². The smallest absolute Gasteiger partial charge is 0.419 e. The van der Waals surface area contributed by atoms with E-state index >= 15 is 0 Å². The maximum Gasteiger partial charge on any atom is 0.419 e. The maximum absolute atomic E-state index is 12.2. The number of carboxylic acids is 1. The van der Waals surface area contributed by atoms with Crippen molar-refractivity contribution in [1.29, 1.82) is 0 Å². The lowest BCUT2D eigenvalue weighted by atomic mass is 10.2. The number of carbonyl (C=O) groups is 1. The molecule has 0 bridgehead atoms. The molecule has 8 heteroatoms. The van der Waals surface area contributed by atoms with Crippen molar-refractivity contribution in [2.75, 3.05) is 6.54 Å². The van der Waals surface area contributed by atoms with Crippen LogP contribution in [0.5, 0.6) is 0 Å². The second-order valence-corrected chi connectivity index (χ2v) is 3.68. The molecular weight excluding hydrogens is 255 g/mol. The first kappa shape index (κ1) is 14.5. The molecular formula is C10H12F3NO4. The molecule has 0 spiro atoms. The Morgan fingerprint density at radius 3 is 2.67 bits per heavy atom. The van der Waals surface area contributed by atoms with E-state index in [0.29, 0.717) is 6.26 Å². The van der Waals surface area contributed by atoms with E-state index in [0.717, 1.165) is 6.07 Å². The molecule has 0 aliphatic heterocycles. The Labute approximate surface area is 100 Å². The monoisotopic (exact) mass is 267 g/mol. The van der Waals surface area contributed by atoms with Crippen LogP contribution >= 0.6 is 0 Å². The van der Waals surface area contributed by atoms with E-state index in [2.05, 4.69) is 9.73 Å². The quantitative estimate of drug-likeness (QED) is 0.722. The third-order valence-electron chi connectivity index (χ3n) is 2.07. The molecule has 0 aliphatic carbocycles. The van der Waals surface area contributed by atoms with Crippen molar-refractivity contribution in [3.05, 3.63) is 23.7 Å². The molecule has 1 aromatic rings. The number of alkyl halides is 3. The zero-order chi connectivity index (χ0) is 13.8. The normalized spacial score (nSPS) is 13.6. The van der Waals surface area contributed by atoms with Gasteiger partial charge in [-0.25, -0.2) is 0 Å². The molecule has 0 aliphatic rings. The molecule has 0 saturated carbocycles. The van der Waals surface area contributed by atoms with Crippen LogP contribution in [0, 0.1) is 0 Å². The third-order valence-corrected chi connectivity index (χ3v) is 2.07. The first-order chi connectivity index (χ1) is 8.29. The van der Waals surface area contributed by atoms with Gasteiger partial charge in [-0.05, 0) is 6.07 Å². The largest absolute Gasteiger partial charge is 0.481 e. The lowest BCUT2D eigenvalue weighted by Gasteiger charge is -2.07. The first-order valence-electron chi connectivity index (χ1n) is 5.04. The number of halogens is 3. The highest BCUT2D eigenvalue weighted by Crippen LogP contribution is 2.30. The average molecular weight is 267 g/mol. The van der Waals surface area contributed by atoms with E-state index in [4.69, 9.17) is 5.11 Å². The van der Waals surface area contributed by atoms with Gasteiger partial charge in [-0.15, -0.1) is 0 Å². The Morgan fingerprint density at radius 1 is 1.50 bits per heavy atom. The first-order valence-corrected chi connectivity index (χ1v) is 5.04. The minimum Gasteiger partial charge on any atom is -0.481 e. The van der Waals surface area contributed by atoms with Crippen molar-refractivity contribution < 1.29 is 32.6 Å². The molecule has 18 heavy (non-hydrogen) atoms. The molecule has 1 atom stereocenters. The number of aliphatic hydroxyl groups is 1. The van der Waals surface area contributed by atoms with E-state index in [1.807, 2.05) is 0 Å². The summed E-state index contributed by atoms with van der Waals surface area (Å²) in [5.41, 5.74) is -0.884. The minimum atomic E-state index is -4.45. The van der Waals surface area contributed by atoms with Crippen LogP contribution in [0.15, 0.2) is 16.7 Å². The molecule has 3 N–H and O–H groups in total. The second-order valence-electron chi connectivity index (χ2n) is 3.68. The number of hydrogen-bond donors (Lipinski definition) is 3. The predicted molar refractivity (Wildman–Crippen MR) is 53.7 cm³/mol. The van der Waals surface area contributed by atoms with Gasteiger partial charge >= 0.3 is 12.1 Å². The van der Waals surface area contributed by atoms with Gasteiger partial charge in [0, 0.05) is 6.54 Å². The van der Waals surface area contributed by atoms with Crippen LogP contribution in [0.25, 0.3) is 0 Å². The molecule has 0 amide bonds. The molecule has 1 unspecified atom stereocenters. The van der Waals surface area contributed by atoms with Gasteiger partial charge in [-0.1, -0.05) is 0 Å².